The Balaban J connectivity index is 2.68. The van der Waals surface area contributed by atoms with Gasteiger partial charge in [-0.2, -0.15) is 0 Å². The first-order valence-corrected chi connectivity index (χ1v) is 5.57. The second kappa shape index (κ2) is 7.29. The van der Waals surface area contributed by atoms with E-state index >= 15 is 0 Å². The molecule has 1 aromatic carbocycles. The lowest BCUT2D eigenvalue weighted by Crippen LogP contribution is -2.13. The summed E-state index contributed by atoms with van der Waals surface area (Å²) in [7, 11) is 0. The molecule has 1 aromatic rings. The number of carbonyl (C=O) groups is 1. The first-order valence-electron chi connectivity index (χ1n) is 5.57. The molecule has 0 bridgehead atoms. The van der Waals surface area contributed by atoms with E-state index in [-0.39, 0.29) is 12.1 Å². The van der Waals surface area contributed by atoms with Crippen molar-refractivity contribution in [2.24, 2.45) is 0 Å². The third-order valence-electron chi connectivity index (χ3n) is 2.09. The maximum Gasteiger partial charge on any atom is 0.303 e. The summed E-state index contributed by atoms with van der Waals surface area (Å²) in [5.74, 6) is 5.65. The topological polar surface area (TPSA) is 26.3 Å². The lowest BCUT2D eigenvalue weighted by Gasteiger charge is -2.08. The molecule has 0 unspecified atom stereocenters. The summed E-state index contributed by atoms with van der Waals surface area (Å²) in [5, 5.41) is 0. The van der Waals surface area contributed by atoms with E-state index < -0.39 is 0 Å². The molecule has 0 aliphatic heterocycles. The zero-order valence-electron chi connectivity index (χ0n) is 9.98. The molecule has 0 amide bonds. The van der Waals surface area contributed by atoms with Crippen LogP contribution in [0, 0.1) is 11.8 Å². The maximum atomic E-state index is 10.9. The van der Waals surface area contributed by atoms with Crippen LogP contribution in [0.1, 0.15) is 25.3 Å². The largest absolute Gasteiger partial charge is 0.449 e. The third-order valence-corrected chi connectivity index (χ3v) is 2.09. The van der Waals surface area contributed by atoms with Gasteiger partial charge in [-0.15, -0.1) is 6.58 Å². The van der Waals surface area contributed by atoms with Crippen molar-refractivity contribution < 1.29 is 9.53 Å². The fourth-order valence-corrected chi connectivity index (χ4v) is 1.32. The van der Waals surface area contributed by atoms with E-state index in [1.807, 2.05) is 30.3 Å². The minimum Gasteiger partial charge on any atom is -0.449 e. The van der Waals surface area contributed by atoms with Crippen molar-refractivity contribution in [3.63, 3.8) is 0 Å². The summed E-state index contributed by atoms with van der Waals surface area (Å²) in [6.45, 7) is 5.04. The van der Waals surface area contributed by atoms with E-state index in [0.717, 1.165) is 12.0 Å². The Morgan fingerprint density at radius 2 is 2.18 bits per heavy atom. The average Bonchev–Trinajstić information content (AvgIpc) is 2.33. The quantitative estimate of drug-likeness (QED) is 0.450. The van der Waals surface area contributed by atoms with Crippen LogP contribution in [0.2, 0.25) is 0 Å². The van der Waals surface area contributed by atoms with Gasteiger partial charge in [0, 0.05) is 12.5 Å². The summed E-state index contributed by atoms with van der Waals surface area (Å²) in [6.07, 6.45) is 2.90. The van der Waals surface area contributed by atoms with Crippen molar-refractivity contribution in [3.05, 3.63) is 48.6 Å². The molecule has 0 radical (unpaired) electrons. The van der Waals surface area contributed by atoms with Crippen LogP contribution in [0.15, 0.2) is 43.0 Å². The Morgan fingerprint density at radius 3 is 2.76 bits per heavy atom. The first-order chi connectivity index (χ1) is 8.22. The van der Waals surface area contributed by atoms with E-state index in [0.29, 0.717) is 6.42 Å². The normalized spacial score (nSPS) is 10.9. The zero-order chi connectivity index (χ0) is 12.5. The molecule has 2 heteroatoms. The van der Waals surface area contributed by atoms with Crippen molar-refractivity contribution >= 4 is 5.97 Å². The molecule has 17 heavy (non-hydrogen) atoms. The van der Waals surface area contributed by atoms with Gasteiger partial charge in [-0.3, -0.25) is 4.79 Å². The van der Waals surface area contributed by atoms with Gasteiger partial charge in [-0.05, 0) is 25.0 Å². The lowest BCUT2D eigenvalue weighted by atomic mass is 10.1. The molecule has 0 aliphatic carbocycles. The number of hydrogen-bond acceptors (Lipinski definition) is 2. The van der Waals surface area contributed by atoms with Gasteiger partial charge in [-0.1, -0.05) is 36.1 Å². The van der Waals surface area contributed by atoms with Crippen LogP contribution in [0.5, 0.6) is 0 Å². The number of benzene rings is 1. The predicted octanol–water partition coefficient (Wildman–Crippen LogP) is 2.94. The minimum atomic E-state index is -0.356. The van der Waals surface area contributed by atoms with Crippen molar-refractivity contribution in [2.45, 2.75) is 25.9 Å². The SMILES string of the molecule is C=CCC[C@H](C#Cc1ccccc1)OC(C)=O. The number of hydrogen-bond donors (Lipinski definition) is 0. The molecular weight excluding hydrogens is 212 g/mol. The zero-order valence-corrected chi connectivity index (χ0v) is 9.98. The number of carbonyl (C=O) groups excluding carboxylic acids is 1. The highest BCUT2D eigenvalue weighted by Crippen LogP contribution is 2.03. The fraction of sp³-hybridized carbons (Fsp3) is 0.267. The molecule has 0 N–H and O–H groups in total. The number of allylic oxidation sites excluding steroid dienone is 1. The van der Waals surface area contributed by atoms with Gasteiger partial charge in [0.1, 0.15) is 0 Å². The molecule has 0 saturated carbocycles. The van der Waals surface area contributed by atoms with Crippen LogP contribution < -0.4 is 0 Å². The molecular formula is C15H16O2. The molecule has 0 saturated heterocycles. The monoisotopic (exact) mass is 228 g/mol. The number of esters is 1. The van der Waals surface area contributed by atoms with Crippen LogP contribution >= 0.6 is 0 Å². The Hall–Kier alpha value is -2.01. The fourth-order valence-electron chi connectivity index (χ4n) is 1.32. The van der Waals surface area contributed by atoms with E-state index in [9.17, 15) is 4.79 Å². The molecule has 1 atom stereocenters. The highest BCUT2D eigenvalue weighted by molar-refractivity contribution is 5.66. The van der Waals surface area contributed by atoms with Crippen LogP contribution in [0.4, 0.5) is 0 Å². The Morgan fingerprint density at radius 1 is 1.47 bits per heavy atom. The van der Waals surface area contributed by atoms with E-state index in [1.54, 1.807) is 6.08 Å². The van der Waals surface area contributed by atoms with Crippen LogP contribution in [-0.4, -0.2) is 12.1 Å². The Labute approximate surface area is 102 Å². The number of ether oxygens (including phenoxy) is 1. The molecule has 0 aliphatic rings. The van der Waals surface area contributed by atoms with Gasteiger partial charge in [-0.25, -0.2) is 0 Å². The molecule has 0 aromatic heterocycles. The summed E-state index contributed by atoms with van der Waals surface area (Å²) in [4.78, 5) is 10.9. The summed E-state index contributed by atoms with van der Waals surface area (Å²) >= 11 is 0. The maximum absolute atomic E-state index is 10.9. The van der Waals surface area contributed by atoms with Crippen molar-refractivity contribution in [3.8, 4) is 11.8 Å². The molecule has 0 heterocycles. The smallest absolute Gasteiger partial charge is 0.303 e. The second-order valence-corrected chi connectivity index (χ2v) is 3.60. The van der Waals surface area contributed by atoms with Crippen molar-refractivity contribution in [1.82, 2.24) is 0 Å². The highest BCUT2D eigenvalue weighted by atomic mass is 16.5. The standard InChI is InChI=1S/C15H16O2/c1-3-4-10-15(17-13(2)16)12-11-14-8-6-5-7-9-14/h3,5-9,15H,1,4,10H2,2H3/t15-/m1/s1. The van der Waals surface area contributed by atoms with E-state index in [2.05, 4.69) is 18.4 Å². The van der Waals surface area contributed by atoms with Crippen LogP contribution in [0.25, 0.3) is 0 Å². The summed E-state index contributed by atoms with van der Waals surface area (Å²) in [5.41, 5.74) is 0.920. The first kappa shape index (κ1) is 13.1. The van der Waals surface area contributed by atoms with Crippen LogP contribution in [0.3, 0.4) is 0 Å². The summed E-state index contributed by atoms with van der Waals surface area (Å²) < 4.78 is 5.11. The van der Waals surface area contributed by atoms with Crippen molar-refractivity contribution in [2.75, 3.05) is 0 Å². The second-order valence-electron chi connectivity index (χ2n) is 3.60. The van der Waals surface area contributed by atoms with Gasteiger partial charge in [0.25, 0.3) is 0 Å². The third kappa shape index (κ3) is 5.58. The van der Waals surface area contributed by atoms with Gasteiger partial charge in [0.2, 0.25) is 0 Å². The predicted molar refractivity (Wildman–Crippen MR) is 68.3 cm³/mol. The van der Waals surface area contributed by atoms with Gasteiger partial charge >= 0.3 is 5.97 Å². The minimum absolute atomic E-state index is 0.304. The lowest BCUT2D eigenvalue weighted by molar-refractivity contribution is -0.143. The molecule has 0 spiro atoms. The van der Waals surface area contributed by atoms with Gasteiger partial charge < -0.3 is 4.74 Å². The molecule has 1 rings (SSSR count). The summed E-state index contributed by atoms with van der Waals surface area (Å²) in [6, 6.07) is 9.63. The van der Waals surface area contributed by atoms with E-state index in [4.69, 9.17) is 4.74 Å². The van der Waals surface area contributed by atoms with Gasteiger partial charge in [0.05, 0.1) is 0 Å². The van der Waals surface area contributed by atoms with Crippen molar-refractivity contribution in [1.29, 1.82) is 0 Å². The molecule has 88 valence electrons. The molecule has 2 nitrogen and oxygen atoms in total. The van der Waals surface area contributed by atoms with Gasteiger partial charge in [0.15, 0.2) is 6.10 Å². The Bertz CT molecular complexity index is 423. The number of rotatable bonds is 4. The highest BCUT2D eigenvalue weighted by Gasteiger charge is 2.06. The van der Waals surface area contributed by atoms with E-state index in [1.165, 1.54) is 6.92 Å². The van der Waals surface area contributed by atoms with Crippen LogP contribution in [-0.2, 0) is 9.53 Å². The Kier molecular flexibility index (Phi) is 5.60. The molecule has 0 fully saturated rings. The average molecular weight is 228 g/mol.